The van der Waals surface area contributed by atoms with E-state index in [1.807, 2.05) is 12.1 Å². The van der Waals surface area contributed by atoms with Crippen LogP contribution in [0.15, 0.2) is 28.7 Å². The molecule has 4 nitrogen and oxygen atoms in total. The van der Waals surface area contributed by atoms with Crippen molar-refractivity contribution in [1.82, 2.24) is 10.2 Å². The van der Waals surface area contributed by atoms with Crippen molar-refractivity contribution in [3.8, 4) is 0 Å². The predicted molar refractivity (Wildman–Crippen MR) is 81.3 cm³/mol. The van der Waals surface area contributed by atoms with Crippen molar-refractivity contribution in [3.63, 3.8) is 0 Å². The lowest BCUT2D eigenvalue weighted by molar-refractivity contribution is -0.128. The number of amides is 2. The van der Waals surface area contributed by atoms with E-state index in [1.165, 1.54) is 10.5 Å². The summed E-state index contributed by atoms with van der Waals surface area (Å²) in [7, 11) is 3.43. The van der Waals surface area contributed by atoms with Crippen LogP contribution in [-0.4, -0.2) is 37.4 Å². The molecule has 1 aromatic rings. The van der Waals surface area contributed by atoms with Crippen molar-refractivity contribution in [2.45, 2.75) is 18.8 Å². The fourth-order valence-electron chi connectivity index (χ4n) is 2.24. The molecule has 2 rings (SSSR count). The van der Waals surface area contributed by atoms with E-state index < -0.39 is 0 Å². The minimum Gasteiger partial charge on any atom is -0.355 e. The van der Waals surface area contributed by atoms with Crippen molar-refractivity contribution < 1.29 is 9.59 Å². The summed E-state index contributed by atoms with van der Waals surface area (Å²) in [6, 6.07) is 8.09. The molecule has 5 heteroatoms. The summed E-state index contributed by atoms with van der Waals surface area (Å²) in [4.78, 5) is 24.9. The summed E-state index contributed by atoms with van der Waals surface area (Å²) in [5.74, 6) is 0.460. The summed E-state index contributed by atoms with van der Waals surface area (Å²) in [6.45, 7) is 0.414. The molecule has 0 unspecified atom stereocenters. The molecule has 1 saturated carbocycles. The van der Waals surface area contributed by atoms with Crippen LogP contribution in [0.3, 0.4) is 0 Å². The molecule has 0 saturated heterocycles. The first-order valence-corrected chi connectivity index (χ1v) is 7.51. The lowest BCUT2D eigenvalue weighted by Gasteiger charge is -2.10. The van der Waals surface area contributed by atoms with Gasteiger partial charge in [0, 0.05) is 37.5 Å². The Morgan fingerprint density at radius 3 is 2.80 bits per heavy atom. The molecule has 2 amide bonds. The molecule has 0 aromatic heterocycles. The van der Waals surface area contributed by atoms with Crippen LogP contribution in [0.2, 0.25) is 0 Å². The Morgan fingerprint density at radius 1 is 1.40 bits per heavy atom. The van der Waals surface area contributed by atoms with Crippen molar-refractivity contribution in [2.75, 3.05) is 20.6 Å². The standard InChI is InChI=1S/C15H19BrN2O2/c1-18(2)14(19)6-7-17-15(20)13-9-12(13)10-4-3-5-11(16)8-10/h3-5,8,12-13H,6-7,9H2,1-2H3,(H,17,20)/t12-,13-/m1/s1. The van der Waals surface area contributed by atoms with Crippen LogP contribution >= 0.6 is 15.9 Å². The van der Waals surface area contributed by atoms with Crippen molar-refractivity contribution >= 4 is 27.7 Å². The molecule has 0 heterocycles. The molecule has 1 aromatic carbocycles. The molecule has 1 aliphatic carbocycles. The van der Waals surface area contributed by atoms with Gasteiger partial charge in [-0.3, -0.25) is 9.59 Å². The Hall–Kier alpha value is -1.36. The largest absolute Gasteiger partial charge is 0.355 e. The van der Waals surface area contributed by atoms with Gasteiger partial charge in [0.15, 0.2) is 0 Å². The van der Waals surface area contributed by atoms with Crippen LogP contribution in [0.25, 0.3) is 0 Å². The second kappa shape index (κ2) is 6.39. The molecule has 1 N–H and O–H groups in total. The van der Waals surface area contributed by atoms with Crippen molar-refractivity contribution in [3.05, 3.63) is 34.3 Å². The first kappa shape index (κ1) is 15.0. The maximum Gasteiger partial charge on any atom is 0.223 e. The monoisotopic (exact) mass is 338 g/mol. The highest BCUT2D eigenvalue weighted by Crippen LogP contribution is 2.47. The minimum atomic E-state index is 0.0321. The molecule has 20 heavy (non-hydrogen) atoms. The van der Waals surface area contributed by atoms with E-state index in [0.717, 1.165) is 10.9 Å². The third-order valence-corrected chi connectivity index (χ3v) is 4.03. The molecule has 0 spiro atoms. The summed E-state index contributed by atoms with van der Waals surface area (Å²) in [5, 5.41) is 2.85. The average Bonchev–Trinajstić information content (AvgIpc) is 3.18. The third-order valence-electron chi connectivity index (χ3n) is 3.54. The molecule has 1 aliphatic rings. The van der Waals surface area contributed by atoms with Crippen LogP contribution in [0.4, 0.5) is 0 Å². The first-order valence-electron chi connectivity index (χ1n) is 6.72. The lowest BCUT2D eigenvalue weighted by atomic mass is 10.1. The van der Waals surface area contributed by atoms with Gasteiger partial charge in [-0.2, -0.15) is 0 Å². The normalized spacial score (nSPS) is 20.4. The fraction of sp³-hybridized carbons (Fsp3) is 0.467. The van der Waals surface area contributed by atoms with E-state index in [1.54, 1.807) is 14.1 Å². The highest BCUT2D eigenvalue weighted by atomic mass is 79.9. The van der Waals surface area contributed by atoms with Crippen molar-refractivity contribution in [1.29, 1.82) is 0 Å². The van der Waals surface area contributed by atoms with E-state index in [4.69, 9.17) is 0 Å². The van der Waals surface area contributed by atoms with E-state index in [0.29, 0.717) is 18.9 Å². The maximum atomic E-state index is 12.0. The number of hydrogen-bond acceptors (Lipinski definition) is 2. The fourth-order valence-corrected chi connectivity index (χ4v) is 2.65. The van der Waals surface area contributed by atoms with Gasteiger partial charge in [-0.15, -0.1) is 0 Å². The average molecular weight is 339 g/mol. The predicted octanol–water partition coefficient (Wildman–Crippen LogP) is 2.15. The van der Waals surface area contributed by atoms with Crippen LogP contribution in [-0.2, 0) is 9.59 Å². The number of nitrogens with zero attached hydrogens (tertiary/aromatic N) is 1. The molecule has 0 radical (unpaired) electrons. The number of halogens is 1. The summed E-state index contributed by atoms with van der Waals surface area (Å²) >= 11 is 3.44. The van der Waals surface area contributed by atoms with E-state index >= 15 is 0 Å². The molecular formula is C15H19BrN2O2. The highest BCUT2D eigenvalue weighted by Gasteiger charge is 2.43. The van der Waals surface area contributed by atoms with E-state index in [-0.39, 0.29) is 17.7 Å². The van der Waals surface area contributed by atoms with Gasteiger partial charge in [0.1, 0.15) is 0 Å². The van der Waals surface area contributed by atoms with Gasteiger partial charge < -0.3 is 10.2 Å². The van der Waals surface area contributed by atoms with Crippen LogP contribution in [0.1, 0.15) is 24.3 Å². The summed E-state index contributed by atoms with van der Waals surface area (Å²) < 4.78 is 1.04. The quantitative estimate of drug-likeness (QED) is 0.894. The number of carbonyl (C=O) groups is 2. The Balaban J connectivity index is 1.77. The van der Waals surface area contributed by atoms with Crippen LogP contribution in [0.5, 0.6) is 0 Å². The van der Waals surface area contributed by atoms with Crippen LogP contribution in [0, 0.1) is 5.92 Å². The number of nitrogens with one attached hydrogen (secondary N) is 1. The van der Waals surface area contributed by atoms with Gasteiger partial charge >= 0.3 is 0 Å². The third kappa shape index (κ3) is 3.82. The smallest absolute Gasteiger partial charge is 0.223 e. The van der Waals surface area contributed by atoms with Gasteiger partial charge in [-0.25, -0.2) is 0 Å². The molecule has 0 bridgehead atoms. The minimum absolute atomic E-state index is 0.0321. The van der Waals surface area contributed by atoms with Gasteiger partial charge in [0.2, 0.25) is 11.8 Å². The number of hydrogen-bond donors (Lipinski definition) is 1. The first-order chi connectivity index (χ1) is 9.49. The van der Waals surface area contributed by atoms with E-state index in [2.05, 4.69) is 33.4 Å². The number of rotatable bonds is 5. The molecular weight excluding hydrogens is 320 g/mol. The van der Waals surface area contributed by atoms with Gasteiger partial charge in [0.25, 0.3) is 0 Å². The molecule has 0 aliphatic heterocycles. The van der Waals surface area contributed by atoms with Gasteiger partial charge in [-0.1, -0.05) is 28.1 Å². The maximum absolute atomic E-state index is 12.0. The Morgan fingerprint density at radius 2 is 2.15 bits per heavy atom. The van der Waals surface area contributed by atoms with Gasteiger partial charge in [-0.05, 0) is 30.0 Å². The SMILES string of the molecule is CN(C)C(=O)CCNC(=O)[C@@H]1C[C@@H]1c1cccc(Br)c1. The Bertz CT molecular complexity index is 516. The second-order valence-corrected chi connectivity index (χ2v) is 6.25. The zero-order valence-electron chi connectivity index (χ0n) is 11.7. The highest BCUT2D eigenvalue weighted by molar-refractivity contribution is 9.10. The Labute approximate surface area is 127 Å². The second-order valence-electron chi connectivity index (χ2n) is 5.33. The summed E-state index contributed by atoms with van der Waals surface area (Å²) in [5.41, 5.74) is 1.20. The zero-order chi connectivity index (χ0) is 14.7. The summed E-state index contributed by atoms with van der Waals surface area (Å²) in [6.07, 6.45) is 1.25. The van der Waals surface area contributed by atoms with Gasteiger partial charge in [0.05, 0.1) is 0 Å². The van der Waals surface area contributed by atoms with Crippen LogP contribution < -0.4 is 5.32 Å². The molecule has 1 fully saturated rings. The lowest BCUT2D eigenvalue weighted by Crippen LogP contribution is -2.31. The Kier molecular flexibility index (Phi) is 4.81. The van der Waals surface area contributed by atoms with E-state index in [9.17, 15) is 9.59 Å². The number of benzene rings is 1. The zero-order valence-corrected chi connectivity index (χ0v) is 13.3. The topological polar surface area (TPSA) is 49.4 Å². The molecule has 108 valence electrons. The van der Waals surface area contributed by atoms with Crippen molar-refractivity contribution in [2.24, 2.45) is 5.92 Å². The number of carbonyl (C=O) groups excluding carboxylic acids is 2. The molecule has 2 atom stereocenters.